The monoisotopic (exact) mass is 254 g/mol. The van der Waals surface area contributed by atoms with Crippen LogP contribution in [0.3, 0.4) is 0 Å². The van der Waals surface area contributed by atoms with E-state index >= 15 is 0 Å². The van der Waals surface area contributed by atoms with Gasteiger partial charge in [-0.3, -0.25) is 0 Å². The van der Waals surface area contributed by atoms with Crippen molar-refractivity contribution in [2.75, 3.05) is 13.6 Å². The minimum atomic E-state index is -0.298. The van der Waals surface area contributed by atoms with Crippen LogP contribution in [0.15, 0.2) is 18.2 Å². The van der Waals surface area contributed by atoms with Crippen LogP contribution in [0.4, 0.5) is 4.39 Å². The first kappa shape index (κ1) is 14.1. The Balaban J connectivity index is 2.79. The number of halogens is 1. The number of nitrogens with zero attached hydrogens (tertiary/aromatic N) is 1. The van der Waals surface area contributed by atoms with Crippen LogP contribution < -0.4 is 5.73 Å². The first-order valence-electron chi connectivity index (χ1n) is 5.81. The van der Waals surface area contributed by atoms with Gasteiger partial charge in [-0.25, -0.2) is 4.39 Å². The summed E-state index contributed by atoms with van der Waals surface area (Å²) in [6, 6.07) is 4.61. The van der Waals surface area contributed by atoms with E-state index in [1.54, 1.807) is 6.07 Å². The van der Waals surface area contributed by atoms with Gasteiger partial charge in [-0.05, 0) is 37.7 Å². The molecule has 0 spiro atoms. The van der Waals surface area contributed by atoms with Crippen molar-refractivity contribution in [1.82, 2.24) is 4.90 Å². The van der Waals surface area contributed by atoms with Gasteiger partial charge in [0.2, 0.25) is 0 Å². The van der Waals surface area contributed by atoms with Gasteiger partial charge in [0, 0.05) is 12.1 Å². The fraction of sp³-hybridized carbons (Fsp3) is 0.462. The van der Waals surface area contributed by atoms with E-state index in [1.807, 2.05) is 7.05 Å². The SMILES string of the molecule is CCCCN(C)Cc1ccc(F)cc1C(N)=S. The average Bonchev–Trinajstić information content (AvgIpc) is 2.28. The minimum absolute atomic E-state index is 0.253. The molecule has 0 saturated heterocycles. The van der Waals surface area contributed by atoms with E-state index in [4.69, 9.17) is 18.0 Å². The molecule has 0 saturated carbocycles. The number of nitrogens with two attached hydrogens (primary N) is 1. The van der Waals surface area contributed by atoms with Crippen LogP contribution in [0.1, 0.15) is 30.9 Å². The molecular weight excluding hydrogens is 235 g/mol. The summed E-state index contributed by atoms with van der Waals surface area (Å²) < 4.78 is 13.1. The lowest BCUT2D eigenvalue weighted by molar-refractivity contribution is 0.320. The van der Waals surface area contributed by atoms with Crippen LogP contribution in [0.25, 0.3) is 0 Å². The zero-order valence-corrected chi connectivity index (χ0v) is 11.2. The lowest BCUT2D eigenvalue weighted by Gasteiger charge is -2.18. The van der Waals surface area contributed by atoms with E-state index in [9.17, 15) is 4.39 Å². The van der Waals surface area contributed by atoms with E-state index in [1.165, 1.54) is 12.1 Å². The molecule has 0 fully saturated rings. The van der Waals surface area contributed by atoms with Crippen LogP contribution in [-0.4, -0.2) is 23.5 Å². The Kier molecular flexibility index (Phi) is 5.51. The summed E-state index contributed by atoms with van der Waals surface area (Å²) in [5.41, 5.74) is 7.23. The van der Waals surface area contributed by atoms with E-state index in [-0.39, 0.29) is 10.8 Å². The number of rotatable bonds is 6. The second kappa shape index (κ2) is 6.67. The predicted molar refractivity (Wildman–Crippen MR) is 73.5 cm³/mol. The van der Waals surface area contributed by atoms with E-state index in [2.05, 4.69) is 11.8 Å². The number of benzene rings is 1. The first-order chi connectivity index (χ1) is 8.04. The maximum Gasteiger partial charge on any atom is 0.123 e. The number of hydrogen-bond donors (Lipinski definition) is 1. The van der Waals surface area contributed by atoms with Gasteiger partial charge in [0.25, 0.3) is 0 Å². The van der Waals surface area contributed by atoms with Crippen molar-refractivity contribution in [1.29, 1.82) is 0 Å². The average molecular weight is 254 g/mol. The molecular formula is C13H19FN2S. The molecule has 4 heteroatoms. The molecule has 0 aliphatic carbocycles. The van der Waals surface area contributed by atoms with Gasteiger partial charge in [0.15, 0.2) is 0 Å². The molecule has 0 atom stereocenters. The summed E-state index contributed by atoms with van der Waals surface area (Å²) in [6.45, 7) is 3.92. The number of thiocarbonyl (C=S) groups is 1. The van der Waals surface area contributed by atoms with Gasteiger partial charge in [0.1, 0.15) is 10.8 Å². The second-order valence-corrected chi connectivity index (χ2v) is 4.70. The van der Waals surface area contributed by atoms with Crippen LogP contribution >= 0.6 is 12.2 Å². The highest BCUT2D eigenvalue weighted by Crippen LogP contribution is 2.13. The molecule has 0 aromatic heterocycles. The first-order valence-corrected chi connectivity index (χ1v) is 6.22. The second-order valence-electron chi connectivity index (χ2n) is 4.26. The Bertz CT molecular complexity index is 393. The Hall–Kier alpha value is -1.00. The summed E-state index contributed by atoms with van der Waals surface area (Å²) >= 11 is 4.94. The maximum atomic E-state index is 13.1. The molecule has 0 aliphatic rings. The van der Waals surface area contributed by atoms with Crippen molar-refractivity contribution < 1.29 is 4.39 Å². The van der Waals surface area contributed by atoms with Crippen molar-refractivity contribution in [2.45, 2.75) is 26.3 Å². The highest BCUT2D eigenvalue weighted by Gasteiger charge is 2.08. The van der Waals surface area contributed by atoms with Crippen LogP contribution in [-0.2, 0) is 6.54 Å². The quantitative estimate of drug-likeness (QED) is 0.791. The highest BCUT2D eigenvalue weighted by atomic mass is 32.1. The number of hydrogen-bond acceptors (Lipinski definition) is 2. The molecule has 0 amide bonds. The molecule has 0 aliphatic heterocycles. The van der Waals surface area contributed by atoms with E-state index in [0.717, 1.165) is 31.5 Å². The molecule has 0 radical (unpaired) electrons. The molecule has 1 rings (SSSR count). The summed E-state index contributed by atoms with van der Waals surface area (Å²) in [7, 11) is 2.04. The van der Waals surface area contributed by atoms with Gasteiger partial charge >= 0.3 is 0 Å². The molecule has 17 heavy (non-hydrogen) atoms. The molecule has 94 valence electrons. The van der Waals surface area contributed by atoms with Gasteiger partial charge in [-0.1, -0.05) is 31.6 Å². The fourth-order valence-corrected chi connectivity index (χ4v) is 1.90. The largest absolute Gasteiger partial charge is 0.389 e. The Labute approximate surface area is 108 Å². The zero-order chi connectivity index (χ0) is 12.8. The van der Waals surface area contributed by atoms with Crippen molar-refractivity contribution in [3.05, 3.63) is 35.1 Å². The lowest BCUT2D eigenvalue weighted by atomic mass is 10.1. The van der Waals surface area contributed by atoms with Crippen molar-refractivity contribution in [3.8, 4) is 0 Å². The lowest BCUT2D eigenvalue weighted by Crippen LogP contribution is -2.22. The molecule has 1 aromatic carbocycles. The Morgan fingerprint density at radius 3 is 2.76 bits per heavy atom. The van der Waals surface area contributed by atoms with Crippen LogP contribution in [0.5, 0.6) is 0 Å². The van der Waals surface area contributed by atoms with Crippen molar-refractivity contribution in [2.24, 2.45) is 5.73 Å². The minimum Gasteiger partial charge on any atom is -0.389 e. The number of unbranched alkanes of at least 4 members (excludes halogenated alkanes) is 1. The predicted octanol–water partition coefficient (Wildman–Crippen LogP) is 2.69. The van der Waals surface area contributed by atoms with E-state index < -0.39 is 0 Å². The summed E-state index contributed by atoms with van der Waals surface area (Å²) in [5.74, 6) is -0.298. The zero-order valence-electron chi connectivity index (χ0n) is 10.4. The Morgan fingerprint density at radius 1 is 1.47 bits per heavy atom. The molecule has 2 N–H and O–H groups in total. The normalized spacial score (nSPS) is 10.8. The van der Waals surface area contributed by atoms with Gasteiger partial charge in [0.05, 0.1) is 0 Å². The standard InChI is InChI=1S/C13H19FN2S/c1-3-4-7-16(2)9-10-5-6-11(14)8-12(10)13(15)17/h5-6,8H,3-4,7,9H2,1-2H3,(H2,15,17). The molecule has 2 nitrogen and oxygen atoms in total. The topological polar surface area (TPSA) is 29.3 Å². The molecule has 0 heterocycles. The molecule has 0 unspecified atom stereocenters. The van der Waals surface area contributed by atoms with Crippen molar-refractivity contribution >= 4 is 17.2 Å². The summed E-state index contributed by atoms with van der Waals surface area (Å²) in [5, 5.41) is 0. The third-order valence-electron chi connectivity index (χ3n) is 2.67. The third-order valence-corrected chi connectivity index (χ3v) is 2.89. The van der Waals surface area contributed by atoms with Crippen molar-refractivity contribution in [3.63, 3.8) is 0 Å². The maximum absolute atomic E-state index is 13.1. The highest BCUT2D eigenvalue weighted by molar-refractivity contribution is 7.80. The molecule has 1 aromatic rings. The summed E-state index contributed by atoms with van der Waals surface area (Å²) in [6.07, 6.45) is 2.32. The fourth-order valence-electron chi connectivity index (χ4n) is 1.71. The summed E-state index contributed by atoms with van der Waals surface area (Å²) in [4.78, 5) is 2.45. The third kappa shape index (κ3) is 4.40. The van der Waals surface area contributed by atoms with Crippen LogP contribution in [0.2, 0.25) is 0 Å². The van der Waals surface area contributed by atoms with Crippen LogP contribution in [0, 0.1) is 5.82 Å². The van der Waals surface area contributed by atoms with Gasteiger partial charge in [-0.2, -0.15) is 0 Å². The Morgan fingerprint density at radius 2 is 2.18 bits per heavy atom. The smallest absolute Gasteiger partial charge is 0.123 e. The molecule has 0 bridgehead atoms. The van der Waals surface area contributed by atoms with Gasteiger partial charge in [-0.15, -0.1) is 0 Å². The van der Waals surface area contributed by atoms with E-state index in [0.29, 0.717) is 5.56 Å². The van der Waals surface area contributed by atoms with Gasteiger partial charge < -0.3 is 10.6 Å².